The van der Waals surface area contributed by atoms with Gasteiger partial charge in [-0.15, -0.1) is 0 Å². The van der Waals surface area contributed by atoms with E-state index < -0.39 is 10.0 Å². The third-order valence-corrected chi connectivity index (χ3v) is 5.17. The van der Waals surface area contributed by atoms with Gasteiger partial charge in [-0.25, -0.2) is 12.8 Å². The predicted molar refractivity (Wildman–Crippen MR) is 99.5 cm³/mol. The average molecular weight is 378 g/mol. The van der Waals surface area contributed by atoms with Crippen LogP contribution in [0.2, 0.25) is 0 Å². The highest BCUT2D eigenvalue weighted by Crippen LogP contribution is 2.07. The van der Waals surface area contributed by atoms with Crippen molar-refractivity contribution in [2.24, 2.45) is 0 Å². The van der Waals surface area contributed by atoms with Gasteiger partial charge in [0.15, 0.2) is 0 Å². The standard InChI is InChI=1S/C19H23FN2O3S/c1-15-4-3-5-17(12-15)13-21-19(23)14-22(26(2,24)25)11-10-16-6-8-18(20)9-7-16/h3-9,12H,10-11,13-14H2,1-2H3,(H,21,23). The van der Waals surface area contributed by atoms with Crippen molar-refractivity contribution in [3.63, 3.8) is 0 Å². The summed E-state index contributed by atoms with van der Waals surface area (Å²) in [5.41, 5.74) is 2.85. The minimum absolute atomic E-state index is 0.155. The third-order valence-electron chi connectivity index (χ3n) is 3.92. The van der Waals surface area contributed by atoms with Crippen LogP contribution >= 0.6 is 0 Å². The lowest BCUT2D eigenvalue weighted by molar-refractivity contribution is -0.121. The Balaban J connectivity index is 1.92. The monoisotopic (exact) mass is 378 g/mol. The molecule has 0 aliphatic heterocycles. The van der Waals surface area contributed by atoms with Gasteiger partial charge in [-0.05, 0) is 36.6 Å². The summed E-state index contributed by atoms with van der Waals surface area (Å²) in [5.74, 6) is -0.708. The first-order chi connectivity index (χ1) is 12.2. The first kappa shape index (κ1) is 20.1. The van der Waals surface area contributed by atoms with E-state index in [1.165, 1.54) is 12.1 Å². The number of nitrogens with one attached hydrogen (secondary N) is 1. The Morgan fingerprint density at radius 3 is 2.42 bits per heavy atom. The molecule has 2 aromatic carbocycles. The normalized spacial score (nSPS) is 11.5. The molecule has 2 rings (SSSR count). The highest BCUT2D eigenvalue weighted by molar-refractivity contribution is 7.88. The summed E-state index contributed by atoms with van der Waals surface area (Å²) in [6, 6.07) is 13.6. The maximum Gasteiger partial charge on any atom is 0.235 e. The predicted octanol–water partition coefficient (Wildman–Crippen LogP) is 2.25. The SMILES string of the molecule is Cc1cccc(CNC(=O)CN(CCc2ccc(F)cc2)S(C)(=O)=O)c1. The maximum atomic E-state index is 12.9. The van der Waals surface area contributed by atoms with Gasteiger partial charge >= 0.3 is 0 Å². The Labute approximate surface area is 153 Å². The van der Waals surface area contributed by atoms with Crippen molar-refractivity contribution in [1.82, 2.24) is 9.62 Å². The molecule has 0 saturated heterocycles. The van der Waals surface area contributed by atoms with Crippen LogP contribution < -0.4 is 5.32 Å². The molecule has 0 saturated carbocycles. The van der Waals surface area contributed by atoms with E-state index in [2.05, 4.69) is 5.32 Å². The van der Waals surface area contributed by atoms with Gasteiger partial charge in [-0.2, -0.15) is 4.31 Å². The molecule has 0 atom stereocenters. The number of hydrogen-bond acceptors (Lipinski definition) is 3. The Bertz CT molecular complexity index is 851. The van der Waals surface area contributed by atoms with E-state index >= 15 is 0 Å². The van der Waals surface area contributed by atoms with Crippen LogP contribution in [0.1, 0.15) is 16.7 Å². The van der Waals surface area contributed by atoms with Gasteiger partial charge in [0.25, 0.3) is 0 Å². The fraction of sp³-hybridized carbons (Fsp3) is 0.316. The number of amides is 1. The molecule has 7 heteroatoms. The van der Waals surface area contributed by atoms with Crippen molar-refractivity contribution >= 4 is 15.9 Å². The van der Waals surface area contributed by atoms with Gasteiger partial charge in [0.1, 0.15) is 5.82 Å². The zero-order chi connectivity index (χ0) is 19.2. The molecule has 0 aliphatic carbocycles. The fourth-order valence-electron chi connectivity index (χ4n) is 2.51. The van der Waals surface area contributed by atoms with Gasteiger partial charge in [-0.1, -0.05) is 42.0 Å². The quantitative estimate of drug-likeness (QED) is 0.766. The molecular formula is C19H23FN2O3S. The maximum absolute atomic E-state index is 12.9. The van der Waals surface area contributed by atoms with E-state index in [4.69, 9.17) is 0 Å². The molecule has 1 N–H and O–H groups in total. The molecular weight excluding hydrogens is 355 g/mol. The van der Waals surface area contributed by atoms with E-state index in [1.807, 2.05) is 31.2 Å². The number of benzene rings is 2. The van der Waals surface area contributed by atoms with Crippen LogP contribution in [-0.2, 0) is 27.8 Å². The van der Waals surface area contributed by atoms with Crippen LogP contribution in [0.25, 0.3) is 0 Å². The number of rotatable bonds is 8. The van der Waals surface area contributed by atoms with Crippen molar-refractivity contribution in [3.05, 3.63) is 71.0 Å². The molecule has 140 valence electrons. The number of sulfonamides is 1. The minimum Gasteiger partial charge on any atom is -0.351 e. The number of carbonyl (C=O) groups excluding carboxylic acids is 1. The first-order valence-corrected chi connectivity index (χ1v) is 10.1. The topological polar surface area (TPSA) is 66.5 Å². The number of carbonyl (C=O) groups is 1. The van der Waals surface area contributed by atoms with Crippen LogP contribution in [0, 0.1) is 12.7 Å². The van der Waals surface area contributed by atoms with Crippen molar-refractivity contribution in [3.8, 4) is 0 Å². The molecule has 0 aliphatic rings. The molecule has 5 nitrogen and oxygen atoms in total. The molecule has 0 fully saturated rings. The summed E-state index contributed by atoms with van der Waals surface area (Å²) in [5, 5.41) is 2.74. The summed E-state index contributed by atoms with van der Waals surface area (Å²) >= 11 is 0. The van der Waals surface area contributed by atoms with Gasteiger partial charge in [0.2, 0.25) is 15.9 Å². The number of hydrogen-bond donors (Lipinski definition) is 1. The molecule has 0 unspecified atom stereocenters. The number of halogens is 1. The van der Waals surface area contributed by atoms with E-state index in [0.717, 1.165) is 27.3 Å². The summed E-state index contributed by atoms with van der Waals surface area (Å²) < 4.78 is 38.0. The second kappa shape index (κ2) is 8.91. The van der Waals surface area contributed by atoms with Gasteiger partial charge < -0.3 is 5.32 Å². The molecule has 0 heterocycles. The summed E-state index contributed by atoms with van der Waals surface area (Å²) in [7, 11) is -3.53. The second-order valence-electron chi connectivity index (χ2n) is 6.24. The molecule has 2 aromatic rings. The Kier molecular flexibility index (Phi) is 6.88. The third kappa shape index (κ3) is 6.57. The van der Waals surface area contributed by atoms with Crippen LogP contribution in [0.15, 0.2) is 48.5 Å². The molecule has 1 amide bonds. The lowest BCUT2D eigenvalue weighted by atomic mass is 10.1. The van der Waals surface area contributed by atoms with Gasteiger partial charge in [-0.3, -0.25) is 4.79 Å². The fourth-order valence-corrected chi connectivity index (χ4v) is 3.28. The van der Waals surface area contributed by atoms with E-state index in [1.54, 1.807) is 12.1 Å². The summed E-state index contributed by atoms with van der Waals surface area (Å²) in [6.45, 7) is 2.22. The van der Waals surface area contributed by atoms with Crippen LogP contribution in [-0.4, -0.2) is 38.0 Å². The zero-order valence-electron chi connectivity index (χ0n) is 14.9. The Morgan fingerprint density at radius 2 is 1.81 bits per heavy atom. The number of aryl methyl sites for hydroxylation is 1. The zero-order valence-corrected chi connectivity index (χ0v) is 15.7. The Hall–Kier alpha value is -2.25. The minimum atomic E-state index is -3.53. The van der Waals surface area contributed by atoms with Crippen LogP contribution in [0.3, 0.4) is 0 Å². The smallest absolute Gasteiger partial charge is 0.235 e. The Morgan fingerprint density at radius 1 is 1.12 bits per heavy atom. The number of nitrogens with zero attached hydrogens (tertiary/aromatic N) is 1. The van der Waals surface area contributed by atoms with E-state index in [9.17, 15) is 17.6 Å². The van der Waals surface area contributed by atoms with Crippen molar-refractivity contribution in [2.75, 3.05) is 19.3 Å². The first-order valence-electron chi connectivity index (χ1n) is 8.26. The highest BCUT2D eigenvalue weighted by Gasteiger charge is 2.19. The average Bonchev–Trinajstić information content (AvgIpc) is 2.57. The molecule has 0 bridgehead atoms. The molecule has 0 radical (unpaired) electrons. The van der Waals surface area contributed by atoms with E-state index in [0.29, 0.717) is 13.0 Å². The van der Waals surface area contributed by atoms with Gasteiger partial charge in [0, 0.05) is 13.1 Å². The van der Waals surface area contributed by atoms with Gasteiger partial charge in [0.05, 0.1) is 12.8 Å². The second-order valence-corrected chi connectivity index (χ2v) is 8.22. The van der Waals surface area contributed by atoms with Crippen molar-refractivity contribution in [2.45, 2.75) is 19.9 Å². The van der Waals surface area contributed by atoms with Crippen molar-refractivity contribution < 1.29 is 17.6 Å². The molecule has 0 spiro atoms. The molecule has 26 heavy (non-hydrogen) atoms. The van der Waals surface area contributed by atoms with Crippen LogP contribution in [0.4, 0.5) is 4.39 Å². The molecule has 0 aromatic heterocycles. The summed E-state index contributed by atoms with van der Waals surface area (Å²) in [6.07, 6.45) is 1.48. The lowest BCUT2D eigenvalue weighted by Gasteiger charge is -2.19. The van der Waals surface area contributed by atoms with Crippen molar-refractivity contribution in [1.29, 1.82) is 0 Å². The van der Waals surface area contributed by atoms with E-state index in [-0.39, 0.29) is 24.8 Å². The highest BCUT2D eigenvalue weighted by atomic mass is 32.2. The summed E-state index contributed by atoms with van der Waals surface area (Å²) in [4.78, 5) is 12.1. The largest absolute Gasteiger partial charge is 0.351 e. The van der Waals surface area contributed by atoms with Crippen LogP contribution in [0.5, 0.6) is 0 Å². The lowest BCUT2D eigenvalue weighted by Crippen LogP contribution is -2.41.